The number of hydrogen-bond acceptors (Lipinski definition) is 5. The maximum absolute atomic E-state index is 13.7. The van der Waals surface area contributed by atoms with E-state index in [1.165, 1.54) is 6.07 Å². The van der Waals surface area contributed by atoms with Crippen molar-refractivity contribution in [3.05, 3.63) is 41.0 Å². The van der Waals surface area contributed by atoms with E-state index in [-0.39, 0.29) is 23.8 Å². The smallest absolute Gasteiger partial charge is 0.341 e. The summed E-state index contributed by atoms with van der Waals surface area (Å²) in [4.78, 5) is 31.5. The third-order valence-electron chi connectivity index (χ3n) is 5.12. The zero-order chi connectivity index (χ0) is 24.8. The van der Waals surface area contributed by atoms with Crippen molar-refractivity contribution in [2.24, 2.45) is 16.1 Å². The average Bonchev–Trinajstić information content (AvgIpc) is 2.72. The molecule has 1 fully saturated rings. The topological polar surface area (TPSA) is 109 Å². The molecule has 0 saturated carbocycles. The first-order chi connectivity index (χ1) is 15.4. The monoisotopic (exact) mass is 465 g/mol. The van der Waals surface area contributed by atoms with E-state index < -0.39 is 29.1 Å². The van der Waals surface area contributed by atoms with Gasteiger partial charge in [-0.2, -0.15) is 4.99 Å². The van der Waals surface area contributed by atoms with E-state index in [0.717, 1.165) is 12.1 Å². The summed E-state index contributed by atoms with van der Waals surface area (Å²) in [7, 11) is 3.80. The fraction of sp³-hybridized carbons (Fsp3) is 0.522. The standard InChI is InChI=1S/C23H33F2N5O3/c1-23(2,3)20(21(31)27-9-10-30(4)5)29-22(32)28-18-8-11-33-13-15(18)19(26)14-6-7-16(24)17(25)12-14/h6-7,12,20H,8-11,13,26H2,1-5H3,(H,27,31)(H,29,32). The van der Waals surface area contributed by atoms with Gasteiger partial charge in [0.2, 0.25) is 5.91 Å². The maximum atomic E-state index is 13.7. The Balaban J connectivity index is 2.25. The van der Waals surface area contributed by atoms with Crippen molar-refractivity contribution in [3.63, 3.8) is 0 Å². The van der Waals surface area contributed by atoms with Crippen LogP contribution in [0.2, 0.25) is 0 Å². The molecular weight excluding hydrogens is 432 g/mol. The summed E-state index contributed by atoms with van der Waals surface area (Å²) in [6.45, 7) is 7.04. The van der Waals surface area contributed by atoms with Crippen molar-refractivity contribution >= 4 is 23.3 Å². The molecule has 1 aromatic carbocycles. The molecule has 33 heavy (non-hydrogen) atoms. The lowest BCUT2D eigenvalue weighted by Crippen LogP contribution is -2.53. The van der Waals surface area contributed by atoms with Crippen molar-refractivity contribution < 1.29 is 23.1 Å². The molecule has 1 unspecified atom stereocenters. The second kappa shape index (κ2) is 11.3. The molecular formula is C23H33F2N5O3. The predicted molar refractivity (Wildman–Crippen MR) is 124 cm³/mol. The summed E-state index contributed by atoms with van der Waals surface area (Å²) in [5, 5.41) is 5.52. The molecule has 182 valence electrons. The molecule has 1 aliphatic heterocycles. The molecule has 3 amide bonds. The molecule has 0 aliphatic carbocycles. The Kier molecular flexibility index (Phi) is 9.07. The number of likely N-dealkylation sites (N-methyl/N-ethyl adjacent to an activating group) is 1. The minimum atomic E-state index is -1.03. The van der Waals surface area contributed by atoms with Gasteiger partial charge in [-0.25, -0.2) is 13.6 Å². The minimum absolute atomic E-state index is 0.0741. The van der Waals surface area contributed by atoms with Gasteiger partial charge in [-0.15, -0.1) is 0 Å². The molecule has 0 radical (unpaired) electrons. The highest BCUT2D eigenvalue weighted by atomic mass is 19.2. The predicted octanol–water partition coefficient (Wildman–Crippen LogP) is 2.30. The van der Waals surface area contributed by atoms with Crippen LogP contribution in [0.3, 0.4) is 0 Å². The number of benzene rings is 1. The van der Waals surface area contributed by atoms with E-state index in [2.05, 4.69) is 15.6 Å². The van der Waals surface area contributed by atoms with Crippen LogP contribution in [0.25, 0.3) is 5.70 Å². The number of aliphatic imine (C=N–C) groups is 1. The molecule has 0 aromatic heterocycles. The summed E-state index contributed by atoms with van der Waals surface area (Å²) in [6.07, 6.45) is 0.308. The number of nitrogens with two attached hydrogens (primary N) is 1. The first-order valence-corrected chi connectivity index (χ1v) is 10.7. The first-order valence-electron chi connectivity index (χ1n) is 10.7. The number of hydrogen-bond donors (Lipinski definition) is 3. The third-order valence-corrected chi connectivity index (χ3v) is 5.12. The van der Waals surface area contributed by atoms with Crippen LogP contribution in [0.1, 0.15) is 32.8 Å². The summed E-state index contributed by atoms with van der Waals surface area (Å²) >= 11 is 0. The number of nitrogens with one attached hydrogen (secondary N) is 2. The summed E-state index contributed by atoms with van der Waals surface area (Å²) < 4.78 is 32.4. The van der Waals surface area contributed by atoms with E-state index in [9.17, 15) is 18.4 Å². The van der Waals surface area contributed by atoms with Crippen LogP contribution < -0.4 is 16.4 Å². The molecule has 0 bridgehead atoms. The van der Waals surface area contributed by atoms with Gasteiger partial charge in [0.25, 0.3) is 0 Å². The average molecular weight is 466 g/mol. The second-order valence-electron chi connectivity index (χ2n) is 9.23. The summed E-state index contributed by atoms with van der Waals surface area (Å²) in [5.74, 6) is -2.32. The maximum Gasteiger partial charge on any atom is 0.341 e. The van der Waals surface area contributed by atoms with Crippen LogP contribution >= 0.6 is 0 Å². The van der Waals surface area contributed by atoms with Crippen molar-refractivity contribution in [1.82, 2.24) is 15.5 Å². The lowest BCUT2D eigenvalue weighted by Gasteiger charge is -2.30. The van der Waals surface area contributed by atoms with Crippen molar-refractivity contribution in [3.8, 4) is 0 Å². The van der Waals surface area contributed by atoms with Gasteiger partial charge in [0.1, 0.15) is 6.04 Å². The Morgan fingerprint density at radius 3 is 2.55 bits per heavy atom. The summed E-state index contributed by atoms with van der Waals surface area (Å²) in [5.41, 5.74) is 6.83. The fourth-order valence-electron chi connectivity index (χ4n) is 3.23. The Bertz CT molecular complexity index is 939. The van der Waals surface area contributed by atoms with Crippen LogP contribution in [0, 0.1) is 17.0 Å². The van der Waals surface area contributed by atoms with Gasteiger partial charge in [0.05, 0.1) is 18.9 Å². The number of halogens is 2. The van der Waals surface area contributed by atoms with Crippen molar-refractivity contribution in [1.29, 1.82) is 0 Å². The lowest BCUT2D eigenvalue weighted by molar-refractivity contribution is -0.125. The van der Waals surface area contributed by atoms with Crippen LogP contribution in [0.5, 0.6) is 0 Å². The molecule has 1 atom stereocenters. The van der Waals surface area contributed by atoms with Crippen LogP contribution in [-0.2, 0) is 9.53 Å². The van der Waals surface area contributed by atoms with Gasteiger partial charge in [-0.05, 0) is 37.7 Å². The van der Waals surface area contributed by atoms with Gasteiger partial charge in [-0.3, -0.25) is 4.79 Å². The van der Waals surface area contributed by atoms with Crippen molar-refractivity contribution in [2.45, 2.75) is 33.2 Å². The van der Waals surface area contributed by atoms with Crippen LogP contribution in [-0.4, -0.2) is 69.0 Å². The Labute approximate surface area is 193 Å². The number of urea groups is 1. The molecule has 8 nitrogen and oxygen atoms in total. The largest absolute Gasteiger partial charge is 0.398 e. The lowest BCUT2D eigenvalue weighted by atomic mass is 9.86. The molecule has 2 rings (SSSR count). The molecule has 10 heteroatoms. The molecule has 1 aliphatic rings. The zero-order valence-electron chi connectivity index (χ0n) is 19.8. The summed E-state index contributed by atoms with van der Waals surface area (Å²) in [6, 6.07) is 1.81. The molecule has 4 N–H and O–H groups in total. The van der Waals surface area contributed by atoms with Crippen molar-refractivity contribution in [2.75, 3.05) is 40.4 Å². The van der Waals surface area contributed by atoms with Crippen LogP contribution in [0.15, 0.2) is 28.8 Å². The number of nitrogens with zero attached hydrogens (tertiary/aromatic N) is 2. The highest BCUT2D eigenvalue weighted by molar-refractivity contribution is 6.11. The molecule has 1 aromatic rings. The number of rotatable bonds is 6. The fourth-order valence-corrected chi connectivity index (χ4v) is 3.23. The highest BCUT2D eigenvalue weighted by Crippen LogP contribution is 2.23. The van der Waals surface area contributed by atoms with Gasteiger partial charge in [0.15, 0.2) is 11.6 Å². The second-order valence-corrected chi connectivity index (χ2v) is 9.23. The SMILES string of the molecule is CN(C)CCNC(=O)C(NC(=O)N=C1CCOCC1=C(N)c1ccc(F)c(F)c1)C(C)(C)C. The molecule has 0 spiro atoms. The Morgan fingerprint density at radius 2 is 1.94 bits per heavy atom. The van der Waals surface area contributed by atoms with E-state index in [1.807, 2.05) is 39.8 Å². The quantitative estimate of drug-likeness (QED) is 0.597. The van der Waals surface area contributed by atoms with Gasteiger partial charge < -0.3 is 26.0 Å². The molecule has 1 heterocycles. The Morgan fingerprint density at radius 1 is 1.24 bits per heavy atom. The molecule has 1 saturated heterocycles. The van der Waals surface area contributed by atoms with E-state index in [4.69, 9.17) is 10.5 Å². The number of amides is 3. The highest BCUT2D eigenvalue weighted by Gasteiger charge is 2.33. The van der Waals surface area contributed by atoms with E-state index in [0.29, 0.717) is 37.4 Å². The Hall–Kier alpha value is -2.85. The number of ether oxygens (including phenoxy) is 1. The van der Waals surface area contributed by atoms with E-state index >= 15 is 0 Å². The van der Waals surface area contributed by atoms with Gasteiger partial charge >= 0.3 is 6.03 Å². The number of carbonyl (C=O) groups excluding carboxylic acids is 2. The van der Waals surface area contributed by atoms with Gasteiger partial charge in [0, 0.05) is 36.3 Å². The first kappa shape index (κ1) is 26.4. The van der Waals surface area contributed by atoms with E-state index in [1.54, 1.807) is 0 Å². The number of carbonyl (C=O) groups is 2. The van der Waals surface area contributed by atoms with Gasteiger partial charge in [-0.1, -0.05) is 20.8 Å². The third kappa shape index (κ3) is 7.61. The zero-order valence-corrected chi connectivity index (χ0v) is 19.8. The van der Waals surface area contributed by atoms with Crippen LogP contribution in [0.4, 0.5) is 13.6 Å². The minimum Gasteiger partial charge on any atom is -0.398 e. The normalized spacial score (nSPS) is 18.2.